The van der Waals surface area contributed by atoms with Crippen LogP contribution in [0.25, 0.3) is 0 Å². The lowest BCUT2D eigenvalue weighted by Crippen LogP contribution is -2.24. The van der Waals surface area contributed by atoms with Gasteiger partial charge in [-0.25, -0.2) is 0 Å². The third-order valence-corrected chi connectivity index (χ3v) is 4.78. The number of aromatic nitrogens is 2. The van der Waals surface area contributed by atoms with Gasteiger partial charge in [0.25, 0.3) is 0 Å². The average Bonchev–Trinajstić information content (AvgIpc) is 2.93. The van der Waals surface area contributed by atoms with Gasteiger partial charge in [-0.05, 0) is 50.9 Å². The summed E-state index contributed by atoms with van der Waals surface area (Å²) in [6, 6.07) is 0.492. The Morgan fingerprint density at radius 3 is 2.50 bits per heavy atom. The van der Waals surface area contributed by atoms with E-state index in [0.29, 0.717) is 18.5 Å². The largest absolute Gasteiger partial charge is 0.338 e. The van der Waals surface area contributed by atoms with E-state index in [1.807, 2.05) is 0 Å². The summed E-state index contributed by atoms with van der Waals surface area (Å²) in [4.78, 5) is 4.57. The molecule has 0 aliphatic heterocycles. The molecule has 0 bridgehead atoms. The van der Waals surface area contributed by atoms with E-state index in [0.717, 1.165) is 30.0 Å². The third-order valence-electron chi connectivity index (χ3n) is 4.78. The summed E-state index contributed by atoms with van der Waals surface area (Å²) in [5.41, 5.74) is 0. The monoisotopic (exact) mass is 279 g/mol. The SMILES string of the molecule is CCC(C)NCc1nc(C2CCC(C(C)C)CC2)no1. The van der Waals surface area contributed by atoms with Crippen LogP contribution in [0.5, 0.6) is 0 Å². The van der Waals surface area contributed by atoms with Gasteiger partial charge in [0, 0.05) is 12.0 Å². The van der Waals surface area contributed by atoms with Crippen LogP contribution in [0.15, 0.2) is 4.52 Å². The van der Waals surface area contributed by atoms with Gasteiger partial charge in [-0.2, -0.15) is 4.98 Å². The van der Waals surface area contributed by atoms with Crippen molar-refractivity contribution in [2.24, 2.45) is 11.8 Å². The molecule has 1 atom stereocenters. The molecule has 1 aromatic heterocycles. The zero-order valence-electron chi connectivity index (χ0n) is 13.4. The molecule has 4 nitrogen and oxygen atoms in total. The Kier molecular flexibility index (Phi) is 5.58. The first-order valence-electron chi connectivity index (χ1n) is 8.16. The van der Waals surface area contributed by atoms with Gasteiger partial charge >= 0.3 is 0 Å². The molecule has 1 fully saturated rings. The van der Waals surface area contributed by atoms with Crippen molar-refractivity contribution in [3.63, 3.8) is 0 Å². The second-order valence-electron chi connectivity index (χ2n) is 6.59. The van der Waals surface area contributed by atoms with Gasteiger partial charge in [-0.15, -0.1) is 0 Å². The molecule has 1 saturated carbocycles. The van der Waals surface area contributed by atoms with Gasteiger partial charge < -0.3 is 9.84 Å². The zero-order valence-corrected chi connectivity index (χ0v) is 13.4. The lowest BCUT2D eigenvalue weighted by molar-refractivity contribution is 0.251. The first-order valence-corrected chi connectivity index (χ1v) is 8.16. The van der Waals surface area contributed by atoms with Crippen molar-refractivity contribution in [1.29, 1.82) is 0 Å². The molecule has 20 heavy (non-hydrogen) atoms. The number of hydrogen-bond acceptors (Lipinski definition) is 4. The van der Waals surface area contributed by atoms with Crippen molar-refractivity contribution < 1.29 is 4.52 Å². The molecule has 1 unspecified atom stereocenters. The molecular weight excluding hydrogens is 250 g/mol. The van der Waals surface area contributed by atoms with E-state index in [4.69, 9.17) is 4.52 Å². The zero-order chi connectivity index (χ0) is 14.5. The number of hydrogen-bond donors (Lipinski definition) is 1. The van der Waals surface area contributed by atoms with Crippen molar-refractivity contribution in [1.82, 2.24) is 15.5 Å². The molecule has 0 aromatic carbocycles. The molecule has 2 rings (SSSR count). The van der Waals surface area contributed by atoms with Gasteiger partial charge in [-0.1, -0.05) is 25.9 Å². The number of nitrogens with one attached hydrogen (secondary N) is 1. The first kappa shape index (κ1) is 15.5. The van der Waals surface area contributed by atoms with E-state index in [9.17, 15) is 0 Å². The minimum atomic E-state index is 0.492. The van der Waals surface area contributed by atoms with Crippen LogP contribution >= 0.6 is 0 Å². The highest BCUT2D eigenvalue weighted by Gasteiger charge is 2.27. The predicted octanol–water partition coefficient (Wildman–Crippen LogP) is 3.89. The Hall–Kier alpha value is -0.900. The Bertz CT molecular complexity index is 394. The smallest absolute Gasteiger partial charge is 0.240 e. The molecular formula is C16H29N3O. The van der Waals surface area contributed by atoms with Crippen LogP contribution < -0.4 is 5.32 Å². The highest BCUT2D eigenvalue weighted by molar-refractivity contribution is 4.98. The van der Waals surface area contributed by atoms with Crippen molar-refractivity contribution in [2.45, 2.75) is 78.3 Å². The van der Waals surface area contributed by atoms with Gasteiger partial charge in [0.2, 0.25) is 5.89 Å². The standard InChI is InChI=1S/C16H29N3O/c1-5-12(4)17-10-15-18-16(19-20-15)14-8-6-13(7-9-14)11(2)3/h11-14,17H,5-10H2,1-4H3. The third kappa shape index (κ3) is 4.05. The fourth-order valence-electron chi connectivity index (χ4n) is 2.96. The van der Waals surface area contributed by atoms with Crippen LogP contribution in [0.1, 0.15) is 77.4 Å². The van der Waals surface area contributed by atoms with E-state index < -0.39 is 0 Å². The predicted molar refractivity (Wildman–Crippen MR) is 80.4 cm³/mol. The van der Waals surface area contributed by atoms with E-state index in [-0.39, 0.29) is 0 Å². The van der Waals surface area contributed by atoms with Crippen LogP contribution in [0, 0.1) is 11.8 Å². The number of rotatable bonds is 6. The fraction of sp³-hybridized carbons (Fsp3) is 0.875. The molecule has 0 radical (unpaired) electrons. The van der Waals surface area contributed by atoms with Crippen LogP contribution in [0.4, 0.5) is 0 Å². The van der Waals surface area contributed by atoms with Crippen molar-refractivity contribution in [3.05, 3.63) is 11.7 Å². The maximum absolute atomic E-state index is 5.36. The summed E-state index contributed by atoms with van der Waals surface area (Å²) in [5, 5.41) is 7.58. The van der Waals surface area contributed by atoms with Gasteiger partial charge in [-0.3, -0.25) is 0 Å². The van der Waals surface area contributed by atoms with Crippen molar-refractivity contribution in [3.8, 4) is 0 Å². The summed E-state index contributed by atoms with van der Waals surface area (Å²) in [5.74, 6) is 3.84. The Labute approximate surface area is 122 Å². The molecule has 0 amide bonds. The second-order valence-corrected chi connectivity index (χ2v) is 6.59. The first-order chi connectivity index (χ1) is 9.60. The Morgan fingerprint density at radius 1 is 1.20 bits per heavy atom. The number of nitrogens with zero attached hydrogens (tertiary/aromatic N) is 2. The summed E-state index contributed by atoms with van der Waals surface area (Å²) in [6.07, 6.45) is 6.14. The molecule has 0 saturated heterocycles. The quantitative estimate of drug-likeness (QED) is 0.858. The Morgan fingerprint density at radius 2 is 1.90 bits per heavy atom. The maximum Gasteiger partial charge on any atom is 0.240 e. The lowest BCUT2D eigenvalue weighted by Gasteiger charge is -2.29. The highest BCUT2D eigenvalue weighted by atomic mass is 16.5. The van der Waals surface area contributed by atoms with E-state index >= 15 is 0 Å². The van der Waals surface area contributed by atoms with Gasteiger partial charge in [0.15, 0.2) is 5.82 Å². The van der Waals surface area contributed by atoms with Crippen molar-refractivity contribution >= 4 is 0 Å². The summed E-state index contributed by atoms with van der Waals surface area (Å²) in [7, 11) is 0. The molecule has 1 heterocycles. The van der Waals surface area contributed by atoms with Crippen LogP contribution in [0.3, 0.4) is 0 Å². The lowest BCUT2D eigenvalue weighted by atomic mass is 9.77. The highest BCUT2D eigenvalue weighted by Crippen LogP contribution is 2.37. The summed E-state index contributed by atoms with van der Waals surface area (Å²) in [6.45, 7) is 9.69. The average molecular weight is 279 g/mol. The van der Waals surface area contributed by atoms with E-state index in [1.54, 1.807) is 0 Å². The summed E-state index contributed by atoms with van der Waals surface area (Å²) < 4.78 is 5.36. The molecule has 114 valence electrons. The Balaban J connectivity index is 1.84. The summed E-state index contributed by atoms with van der Waals surface area (Å²) >= 11 is 0. The van der Waals surface area contributed by atoms with Crippen molar-refractivity contribution in [2.75, 3.05) is 0 Å². The van der Waals surface area contributed by atoms with E-state index in [2.05, 4.69) is 43.2 Å². The molecule has 1 aromatic rings. The van der Waals surface area contributed by atoms with Crippen LogP contribution in [0.2, 0.25) is 0 Å². The molecule has 4 heteroatoms. The van der Waals surface area contributed by atoms with E-state index in [1.165, 1.54) is 25.7 Å². The normalized spacial score (nSPS) is 25.1. The minimum Gasteiger partial charge on any atom is -0.338 e. The van der Waals surface area contributed by atoms with Crippen LogP contribution in [-0.4, -0.2) is 16.2 Å². The van der Waals surface area contributed by atoms with Gasteiger partial charge in [0.1, 0.15) is 0 Å². The van der Waals surface area contributed by atoms with Gasteiger partial charge in [0.05, 0.1) is 6.54 Å². The molecule has 0 spiro atoms. The maximum atomic E-state index is 5.36. The second kappa shape index (κ2) is 7.21. The fourth-order valence-corrected chi connectivity index (χ4v) is 2.96. The molecule has 1 aliphatic rings. The van der Waals surface area contributed by atoms with Crippen LogP contribution in [-0.2, 0) is 6.54 Å². The topological polar surface area (TPSA) is 51.0 Å². The molecule has 1 aliphatic carbocycles. The molecule has 1 N–H and O–H groups in total. The minimum absolute atomic E-state index is 0.492.